The Morgan fingerprint density at radius 3 is 2.32 bits per heavy atom. The van der Waals surface area contributed by atoms with Gasteiger partial charge in [-0.05, 0) is 31.4 Å². The van der Waals surface area contributed by atoms with Crippen LogP contribution in [0.5, 0.6) is 0 Å². The van der Waals surface area contributed by atoms with Crippen LogP contribution in [0.25, 0.3) is 10.4 Å². The van der Waals surface area contributed by atoms with Crippen LogP contribution in [-0.2, 0) is 6.42 Å². The zero-order valence-electron chi connectivity index (χ0n) is 14.8. The molecule has 1 amide bonds. The molecule has 0 N–H and O–H groups in total. The summed E-state index contributed by atoms with van der Waals surface area (Å²) in [5, 5.41) is 0.909. The average Bonchev–Trinajstić information content (AvgIpc) is 3.04. The van der Waals surface area contributed by atoms with E-state index in [1.807, 2.05) is 62.5 Å². The molecule has 0 bridgehead atoms. The Balaban J connectivity index is 1.83. The van der Waals surface area contributed by atoms with Gasteiger partial charge in [0, 0.05) is 13.1 Å². The van der Waals surface area contributed by atoms with Crippen molar-refractivity contribution in [2.75, 3.05) is 7.05 Å². The zero-order chi connectivity index (χ0) is 17.8. The van der Waals surface area contributed by atoms with Gasteiger partial charge >= 0.3 is 0 Å². The molecule has 3 rings (SSSR count). The molecule has 4 heteroatoms. The summed E-state index contributed by atoms with van der Waals surface area (Å²) in [6.07, 6.45) is 0.826. The van der Waals surface area contributed by atoms with Crippen LogP contribution >= 0.6 is 11.3 Å². The van der Waals surface area contributed by atoms with Crippen molar-refractivity contribution in [1.82, 2.24) is 9.88 Å². The summed E-state index contributed by atoms with van der Waals surface area (Å²) < 4.78 is 0. The third-order valence-electron chi connectivity index (χ3n) is 4.33. The molecule has 0 spiro atoms. The van der Waals surface area contributed by atoms with Gasteiger partial charge in [-0.1, -0.05) is 60.7 Å². The first-order valence-corrected chi connectivity index (χ1v) is 9.22. The quantitative estimate of drug-likeness (QED) is 0.661. The maximum absolute atomic E-state index is 13.1. The number of thiazole rings is 1. The minimum atomic E-state index is -0.0216. The van der Waals surface area contributed by atoms with E-state index in [-0.39, 0.29) is 11.9 Å². The molecular weight excluding hydrogens is 328 g/mol. The molecule has 0 aliphatic rings. The molecule has 128 valence electrons. The highest BCUT2D eigenvalue weighted by atomic mass is 32.1. The van der Waals surface area contributed by atoms with Gasteiger partial charge in [0.05, 0.1) is 9.88 Å². The van der Waals surface area contributed by atoms with Crippen LogP contribution in [0.3, 0.4) is 0 Å². The molecule has 0 aliphatic carbocycles. The van der Waals surface area contributed by atoms with Gasteiger partial charge in [-0.25, -0.2) is 4.98 Å². The second-order valence-electron chi connectivity index (χ2n) is 6.23. The van der Waals surface area contributed by atoms with Gasteiger partial charge in [0.25, 0.3) is 5.91 Å². The minimum absolute atomic E-state index is 0.0216. The van der Waals surface area contributed by atoms with Crippen molar-refractivity contribution in [3.63, 3.8) is 0 Å². The Bertz CT molecular complexity index is 843. The summed E-state index contributed by atoms with van der Waals surface area (Å²) in [7, 11) is 1.86. The number of likely N-dealkylation sites (N-methyl/N-ethyl adjacent to an activating group) is 1. The third kappa shape index (κ3) is 3.97. The van der Waals surface area contributed by atoms with E-state index in [9.17, 15) is 4.79 Å². The highest BCUT2D eigenvalue weighted by Gasteiger charge is 2.24. The summed E-state index contributed by atoms with van der Waals surface area (Å²) in [5.41, 5.74) is 2.82. The minimum Gasteiger partial charge on any atom is -0.337 e. The van der Waals surface area contributed by atoms with Crippen molar-refractivity contribution >= 4 is 17.2 Å². The second-order valence-corrected chi connectivity index (χ2v) is 7.43. The number of hydrogen-bond acceptors (Lipinski definition) is 3. The summed E-state index contributed by atoms with van der Waals surface area (Å²) >= 11 is 1.57. The van der Waals surface area contributed by atoms with E-state index in [1.165, 1.54) is 5.56 Å². The normalized spacial score (nSPS) is 12.0. The van der Waals surface area contributed by atoms with Crippen LogP contribution in [0, 0.1) is 6.92 Å². The SMILES string of the molecule is Cc1nc(C(=O)N(C)C(C)Cc2ccccc2)c(-c2ccccc2)s1. The number of carbonyl (C=O) groups excluding carboxylic acids is 1. The molecule has 3 aromatic rings. The van der Waals surface area contributed by atoms with Crippen molar-refractivity contribution < 1.29 is 4.79 Å². The summed E-state index contributed by atoms with van der Waals surface area (Å²) in [5.74, 6) is -0.0216. The Labute approximate surface area is 153 Å². The maximum atomic E-state index is 13.1. The van der Waals surface area contributed by atoms with Crippen LogP contribution in [0.4, 0.5) is 0 Å². The number of aromatic nitrogens is 1. The molecule has 1 unspecified atom stereocenters. The van der Waals surface area contributed by atoms with E-state index >= 15 is 0 Å². The van der Waals surface area contributed by atoms with Crippen LogP contribution in [0.2, 0.25) is 0 Å². The number of aryl methyl sites for hydroxylation is 1. The fraction of sp³-hybridized carbons (Fsp3) is 0.238. The van der Waals surface area contributed by atoms with Crippen LogP contribution < -0.4 is 0 Å². The van der Waals surface area contributed by atoms with Crippen LogP contribution in [-0.4, -0.2) is 28.9 Å². The van der Waals surface area contributed by atoms with E-state index in [2.05, 4.69) is 24.0 Å². The van der Waals surface area contributed by atoms with E-state index in [4.69, 9.17) is 0 Å². The van der Waals surface area contributed by atoms with Gasteiger partial charge in [-0.15, -0.1) is 11.3 Å². The largest absolute Gasteiger partial charge is 0.337 e. The number of nitrogens with zero attached hydrogens (tertiary/aromatic N) is 2. The molecule has 25 heavy (non-hydrogen) atoms. The van der Waals surface area contributed by atoms with Crippen molar-refractivity contribution in [2.45, 2.75) is 26.3 Å². The molecule has 2 aromatic carbocycles. The molecule has 1 atom stereocenters. The fourth-order valence-electron chi connectivity index (χ4n) is 2.82. The maximum Gasteiger partial charge on any atom is 0.273 e. The molecule has 0 radical (unpaired) electrons. The first-order valence-electron chi connectivity index (χ1n) is 8.40. The van der Waals surface area contributed by atoms with Crippen molar-refractivity contribution in [2.24, 2.45) is 0 Å². The smallest absolute Gasteiger partial charge is 0.273 e. The number of rotatable bonds is 5. The highest BCUT2D eigenvalue weighted by Crippen LogP contribution is 2.31. The zero-order valence-corrected chi connectivity index (χ0v) is 15.6. The first-order chi connectivity index (χ1) is 12.1. The van der Waals surface area contributed by atoms with Gasteiger partial charge in [-0.2, -0.15) is 0 Å². The van der Waals surface area contributed by atoms with Gasteiger partial charge in [0.15, 0.2) is 0 Å². The van der Waals surface area contributed by atoms with E-state index in [0.29, 0.717) is 5.69 Å². The Morgan fingerprint density at radius 1 is 1.08 bits per heavy atom. The molecule has 1 heterocycles. The standard InChI is InChI=1S/C21H22N2OS/c1-15(14-17-10-6-4-7-11-17)23(3)21(24)19-20(25-16(2)22-19)18-12-8-5-9-13-18/h4-13,15H,14H2,1-3H3. The van der Waals surface area contributed by atoms with Crippen molar-refractivity contribution in [1.29, 1.82) is 0 Å². The monoisotopic (exact) mass is 350 g/mol. The third-order valence-corrected chi connectivity index (χ3v) is 5.35. The van der Waals surface area contributed by atoms with Crippen molar-refractivity contribution in [3.05, 3.63) is 76.9 Å². The van der Waals surface area contributed by atoms with Crippen molar-refractivity contribution in [3.8, 4) is 10.4 Å². The summed E-state index contributed by atoms with van der Waals surface area (Å²) in [6, 6.07) is 20.4. The lowest BCUT2D eigenvalue weighted by molar-refractivity contribution is 0.0739. The molecule has 0 aliphatic heterocycles. The van der Waals surface area contributed by atoms with Gasteiger partial charge < -0.3 is 4.90 Å². The topological polar surface area (TPSA) is 33.2 Å². The average molecular weight is 350 g/mol. The lowest BCUT2D eigenvalue weighted by atomic mass is 10.1. The first kappa shape index (κ1) is 17.4. The lowest BCUT2D eigenvalue weighted by Crippen LogP contribution is -2.36. The van der Waals surface area contributed by atoms with E-state index in [0.717, 1.165) is 21.9 Å². The Kier molecular flexibility index (Phi) is 5.29. The summed E-state index contributed by atoms with van der Waals surface area (Å²) in [6.45, 7) is 4.02. The molecule has 0 saturated carbocycles. The Morgan fingerprint density at radius 2 is 1.68 bits per heavy atom. The molecule has 1 aromatic heterocycles. The molecule has 0 fully saturated rings. The number of hydrogen-bond donors (Lipinski definition) is 0. The van der Waals surface area contributed by atoms with Gasteiger partial charge in [-0.3, -0.25) is 4.79 Å². The Hall–Kier alpha value is -2.46. The van der Waals surface area contributed by atoms with Crippen LogP contribution in [0.1, 0.15) is 28.0 Å². The predicted molar refractivity (Wildman–Crippen MR) is 104 cm³/mol. The van der Waals surface area contributed by atoms with Gasteiger partial charge in [0.2, 0.25) is 0 Å². The molecule has 3 nitrogen and oxygen atoms in total. The van der Waals surface area contributed by atoms with Gasteiger partial charge in [0.1, 0.15) is 5.69 Å². The highest BCUT2D eigenvalue weighted by molar-refractivity contribution is 7.15. The van der Waals surface area contributed by atoms with Crippen LogP contribution in [0.15, 0.2) is 60.7 Å². The lowest BCUT2D eigenvalue weighted by Gasteiger charge is -2.25. The van der Waals surface area contributed by atoms with E-state index in [1.54, 1.807) is 16.2 Å². The fourth-order valence-corrected chi connectivity index (χ4v) is 3.73. The molecular formula is C21H22N2OS. The second kappa shape index (κ2) is 7.62. The van der Waals surface area contributed by atoms with E-state index < -0.39 is 0 Å². The summed E-state index contributed by atoms with van der Waals surface area (Å²) in [4.78, 5) is 20.3. The number of carbonyl (C=O) groups is 1. The number of benzene rings is 2. The molecule has 0 saturated heterocycles. The number of amides is 1. The predicted octanol–water partition coefficient (Wildman–Crippen LogP) is 4.82.